The van der Waals surface area contributed by atoms with Crippen LogP contribution < -0.4 is 30.7 Å². The van der Waals surface area contributed by atoms with Gasteiger partial charge in [0.25, 0.3) is 0 Å². The predicted octanol–water partition coefficient (Wildman–Crippen LogP) is 8.50. The molecule has 0 unspecified atom stereocenters. The summed E-state index contributed by atoms with van der Waals surface area (Å²) in [6.07, 6.45) is 7.99. The van der Waals surface area contributed by atoms with Crippen LogP contribution in [0.2, 0.25) is 5.02 Å². The number of methoxy groups -OCH3 is 2. The van der Waals surface area contributed by atoms with Crippen LogP contribution in [-0.2, 0) is 9.59 Å². The van der Waals surface area contributed by atoms with Crippen molar-refractivity contribution >= 4 is 46.2 Å². The lowest BCUT2D eigenvalue weighted by Gasteiger charge is -2.26. The molecule has 0 aliphatic heterocycles. The first kappa shape index (κ1) is 36.5. The van der Waals surface area contributed by atoms with Gasteiger partial charge in [-0.25, -0.2) is 4.98 Å². The third-order valence-electron chi connectivity index (χ3n) is 8.66. The second kappa shape index (κ2) is 16.0. The van der Waals surface area contributed by atoms with Gasteiger partial charge in [0.05, 0.1) is 42.9 Å². The van der Waals surface area contributed by atoms with Gasteiger partial charge < -0.3 is 35.2 Å². The zero-order chi connectivity index (χ0) is 37.4. The highest BCUT2D eigenvalue weighted by Gasteiger charge is 2.50. The van der Waals surface area contributed by atoms with E-state index in [-0.39, 0.29) is 11.8 Å². The summed E-state index contributed by atoms with van der Waals surface area (Å²) < 4.78 is 16.2. The van der Waals surface area contributed by atoms with Crippen LogP contribution in [0.25, 0.3) is 22.5 Å². The molecule has 0 spiro atoms. The molecular formula is C40H40ClN7O5. The first-order chi connectivity index (χ1) is 25.6. The molecule has 1 aliphatic carbocycles. The van der Waals surface area contributed by atoms with Crippen LogP contribution in [0.3, 0.4) is 0 Å². The summed E-state index contributed by atoms with van der Waals surface area (Å²) in [7, 11) is 3.17. The second-order valence-electron chi connectivity index (χ2n) is 12.9. The molecule has 4 aromatic carbocycles. The summed E-state index contributed by atoms with van der Waals surface area (Å²) in [5.74, 6) is 1.62. The maximum atomic E-state index is 12.8. The van der Waals surface area contributed by atoms with Gasteiger partial charge in [-0.15, -0.1) is 0 Å². The zero-order valence-corrected chi connectivity index (χ0v) is 30.5. The first-order valence-electron chi connectivity index (χ1n) is 16.8. The van der Waals surface area contributed by atoms with Crippen molar-refractivity contribution in [3.05, 3.63) is 121 Å². The Hall–Kier alpha value is -6.27. The van der Waals surface area contributed by atoms with Crippen LogP contribution in [0.4, 0.5) is 22.7 Å². The molecule has 0 saturated heterocycles. The van der Waals surface area contributed by atoms with Gasteiger partial charge in [-0.1, -0.05) is 41.9 Å². The van der Waals surface area contributed by atoms with E-state index in [4.69, 9.17) is 25.5 Å². The average molecular weight is 734 g/mol. The number of benzene rings is 4. The van der Waals surface area contributed by atoms with Crippen LogP contribution >= 0.6 is 11.6 Å². The molecule has 2 heterocycles. The Balaban J connectivity index is 0.000000182. The number of hydrogen-bond acceptors (Lipinski definition) is 9. The lowest BCUT2D eigenvalue weighted by Crippen LogP contribution is -2.44. The molecule has 272 valence electrons. The number of ether oxygens (including phenoxy) is 2. The molecular weight excluding hydrogens is 694 g/mol. The quantitative estimate of drug-likeness (QED) is 0.0832. The molecule has 7 rings (SSSR count). The Kier molecular flexibility index (Phi) is 11.0. The second-order valence-corrected chi connectivity index (χ2v) is 13.3. The maximum absolute atomic E-state index is 12.8. The number of hydrogen-bond donors (Lipinski definition) is 5. The lowest BCUT2D eigenvalue weighted by molar-refractivity contribution is -0.119. The van der Waals surface area contributed by atoms with E-state index in [1.54, 1.807) is 51.0 Å². The van der Waals surface area contributed by atoms with Gasteiger partial charge in [0.15, 0.2) is 12.2 Å². The zero-order valence-electron chi connectivity index (χ0n) is 29.7. The minimum absolute atomic E-state index is 0.100. The number of nitrogens with zero attached hydrogens (tertiary/aromatic N) is 2. The summed E-state index contributed by atoms with van der Waals surface area (Å²) in [6.45, 7) is 3.68. The van der Waals surface area contributed by atoms with Crippen molar-refractivity contribution in [3.63, 3.8) is 0 Å². The summed E-state index contributed by atoms with van der Waals surface area (Å²) in [6, 6.07) is 28.0. The summed E-state index contributed by atoms with van der Waals surface area (Å²) in [4.78, 5) is 29.5. The molecule has 6 aromatic rings. The van der Waals surface area contributed by atoms with Crippen molar-refractivity contribution in [2.75, 3.05) is 35.5 Å². The third-order valence-corrected chi connectivity index (χ3v) is 8.99. The minimum atomic E-state index is -0.780. The Labute approximate surface area is 312 Å². The van der Waals surface area contributed by atoms with Gasteiger partial charge in [-0.05, 0) is 75.2 Å². The molecule has 13 heteroatoms. The fourth-order valence-corrected chi connectivity index (χ4v) is 5.74. The smallest absolute Gasteiger partial charge is 0.250 e. The highest BCUT2D eigenvalue weighted by Crippen LogP contribution is 2.42. The van der Waals surface area contributed by atoms with E-state index in [1.165, 1.54) is 6.39 Å². The van der Waals surface area contributed by atoms with Crippen molar-refractivity contribution < 1.29 is 23.5 Å². The number of rotatable bonds is 12. The van der Waals surface area contributed by atoms with Gasteiger partial charge in [0, 0.05) is 46.5 Å². The van der Waals surface area contributed by atoms with Crippen molar-refractivity contribution in [2.45, 2.75) is 37.8 Å². The number of anilines is 4. The number of H-pyrrole nitrogens is 1. The molecule has 12 nitrogen and oxygen atoms in total. The van der Waals surface area contributed by atoms with Crippen LogP contribution in [0, 0.1) is 0 Å². The number of aromatic amines is 1. The number of carbonyl (C=O) groups is 2. The van der Waals surface area contributed by atoms with E-state index in [2.05, 4.69) is 36.4 Å². The van der Waals surface area contributed by atoms with E-state index in [1.807, 2.05) is 86.6 Å². The Morgan fingerprint density at radius 1 is 0.830 bits per heavy atom. The lowest BCUT2D eigenvalue weighted by atomic mass is 10.0. The van der Waals surface area contributed by atoms with Gasteiger partial charge in [0.1, 0.15) is 22.6 Å². The highest BCUT2D eigenvalue weighted by atomic mass is 35.5. The number of amides is 2. The van der Waals surface area contributed by atoms with Gasteiger partial charge >= 0.3 is 0 Å². The van der Waals surface area contributed by atoms with E-state index in [9.17, 15) is 9.59 Å². The molecule has 0 atom stereocenters. The number of aromatic nitrogens is 3. The molecule has 1 saturated carbocycles. The van der Waals surface area contributed by atoms with Crippen LogP contribution in [0.5, 0.6) is 11.5 Å². The molecule has 2 aromatic heterocycles. The topological polar surface area (TPSA) is 155 Å². The normalized spacial score (nSPS) is 12.8. The van der Waals surface area contributed by atoms with Crippen molar-refractivity contribution in [3.8, 4) is 33.9 Å². The average Bonchev–Trinajstić information content (AvgIpc) is 3.49. The van der Waals surface area contributed by atoms with E-state index in [0.29, 0.717) is 33.7 Å². The Morgan fingerprint density at radius 3 is 2.11 bits per heavy atom. The van der Waals surface area contributed by atoms with E-state index in [0.717, 1.165) is 40.9 Å². The van der Waals surface area contributed by atoms with E-state index < -0.39 is 11.1 Å². The number of para-hydroxylation sites is 2. The van der Waals surface area contributed by atoms with E-state index >= 15 is 0 Å². The molecule has 0 radical (unpaired) electrons. The number of halogens is 1. The standard InChI is InChI=1S/C20H18ClN3O3.C20H22N4O2/c1-26-17-10-13(6-7-14(17)18-11-22-12-27-18)23-19(25)20(8-9-20)24-16-5-3-2-4-15(16)21;1-20(2,24-15-7-5-4-6-8-15)19(25)23-16-9-10-17(18(11-16)26-3)14-12-21-22-13-14/h2-7,10-12,24H,8-9H2,1H3,(H,23,25);4-13,24H,1-3H3,(H,21,22)(H,23,25). The summed E-state index contributed by atoms with van der Waals surface area (Å²) >= 11 is 6.20. The largest absolute Gasteiger partial charge is 0.496 e. The van der Waals surface area contributed by atoms with Crippen LogP contribution in [-0.4, -0.2) is 52.3 Å². The summed E-state index contributed by atoms with van der Waals surface area (Å²) in [5.41, 5.74) is 4.13. The molecule has 53 heavy (non-hydrogen) atoms. The molecule has 1 fully saturated rings. The van der Waals surface area contributed by atoms with Gasteiger partial charge in [-0.2, -0.15) is 5.10 Å². The third kappa shape index (κ3) is 8.79. The predicted molar refractivity (Wildman–Crippen MR) is 208 cm³/mol. The molecule has 2 amide bonds. The van der Waals surface area contributed by atoms with Crippen molar-refractivity contribution in [1.82, 2.24) is 15.2 Å². The molecule has 5 N–H and O–H groups in total. The van der Waals surface area contributed by atoms with Crippen molar-refractivity contribution in [1.29, 1.82) is 0 Å². The monoisotopic (exact) mass is 733 g/mol. The maximum Gasteiger partial charge on any atom is 0.250 e. The Morgan fingerprint density at radius 2 is 1.49 bits per heavy atom. The highest BCUT2D eigenvalue weighted by molar-refractivity contribution is 6.33. The van der Waals surface area contributed by atoms with Gasteiger partial charge in [0.2, 0.25) is 11.8 Å². The SMILES string of the molecule is COc1cc(NC(=O)C(C)(C)Nc2ccccc2)ccc1-c1cn[nH]c1.COc1cc(NC(=O)C2(Nc3ccccc3Cl)CC2)ccc1-c1cnco1. The summed E-state index contributed by atoms with van der Waals surface area (Å²) in [5, 5.41) is 19.8. The fraction of sp³-hybridized carbons (Fsp3) is 0.200. The fourth-order valence-electron chi connectivity index (χ4n) is 5.56. The number of nitrogens with one attached hydrogen (secondary N) is 5. The Bertz CT molecular complexity index is 2150. The van der Waals surface area contributed by atoms with Crippen LogP contribution in [0.1, 0.15) is 26.7 Å². The van der Waals surface area contributed by atoms with Crippen molar-refractivity contribution in [2.24, 2.45) is 0 Å². The minimum Gasteiger partial charge on any atom is -0.496 e. The molecule has 1 aliphatic rings. The molecule has 0 bridgehead atoms. The van der Waals surface area contributed by atoms with Gasteiger partial charge in [-0.3, -0.25) is 14.7 Å². The first-order valence-corrected chi connectivity index (χ1v) is 17.2. The number of carbonyl (C=O) groups excluding carboxylic acids is 2. The number of oxazole rings is 1. The van der Waals surface area contributed by atoms with Crippen LogP contribution in [0.15, 0.2) is 120 Å².